The van der Waals surface area contributed by atoms with E-state index in [2.05, 4.69) is 22.4 Å². The zero-order valence-corrected chi connectivity index (χ0v) is 9.69. The van der Waals surface area contributed by atoms with Crippen LogP contribution in [-0.2, 0) is 0 Å². The van der Waals surface area contributed by atoms with E-state index in [1.54, 1.807) is 0 Å². The average molecular weight is 206 g/mol. The quantitative estimate of drug-likeness (QED) is 0.648. The summed E-state index contributed by atoms with van der Waals surface area (Å²) >= 11 is 0. The van der Waals surface area contributed by atoms with E-state index in [1.165, 1.54) is 0 Å². The second-order valence-corrected chi connectivity index (χ2v) is 4.43. The van der Waals surface area contributed by atoms with Crippen LogP contribution in [0.4, 0.5) is 0 Å². The van der Waals surface area contributed by atoms with E-state index in [4.69, 9.17) is 10.5 Å². The molecule has 0 heterocycles. The number of azo groups is 1. The van der Waals surface area contributed by atoms with Crippen molar-refractivity contribution in [2.45, 2.75) is 58.0 Å². The van der Waals surface area contributed by atoms with Crippen molar-refractivity contribution in [3.8, 4) is 12.1 Å². The van der Waals surface area contributed by atoms with Gasteiger partial charge in [0.15, 0.2) is 0 Å². The third-order valence-electron chi connectivity index (χ3n) is 1.70. The second kappa shape index (κ2) is 6.95. The lowest BCUT2D eigenvalue weighted by Crippen LogP contribution is -2.11. The minimum atomic E-state index is -0.183. The van der Waals surface area contributed by atoms with Crippen LogP contribution in [0.5, 0.6) is 0 Å². The van der Waals surface area contributed by atoms with Gasteiger partial charge in [-0.25, -0.2) is 0 Å². The zero-order valence-electron chi connectivity index (χ0n) is 9.69. The molecule has 0 radical (unpaired) electrons. The molecule has 0 amide bonds. The molecular weight excluding hydrogens is 188 g/mol. The lowest BCUT2D eigenvalue weighted by atomic mass is 10.1. The van der Waals surface area contributed by atoms with Crippen LogP contribution in [0, 0.1) is 22.7 Å². The Balaban J connectivity index is 4.19. The summed E-state index contributed by atoms with van der Waals surface area (Å²) < 4.78 is 0. The van der Waals surface area contributed by atoms with E-state index < -0.39 is 0 Å². The Morgan fingerprint density at radius 2 is 1.53 bits per heavy atom. The number of hydrogen-bond donors (Lipinski definition) is 0. The summed E-state index contributed by atoms with van der Waals surface area (Å²) in [5, 5.41) is 25.3. The summed E-state index contributed by atoms with van der Waals surface area (Å²) in [6.45, 7) is 5.92. The molecule has 0 saturated carbocycles. The highest BCUT2D eigenvalue weighted by atomic mass is 15.2. The van der Waals surface area contributed by atoms with E-state index in [1.807, 2.05) is 20.8 Å². The largest absolute Gasteiger partial charge is 0.198 e. The van der Waals surface area contributed by atoms with E-state index in [0.29, 0.717) is 25.7 Å². The van der Waals surface area contributed by atoms with Gasteiger partial charge in [0, 0.05) is 12.8 Å². The molecule has 0 aliphatic rings. The fraction of sp³-hybridized carbons (Fsp3) is 0.818. The number of hydrogen-bond acceptors (Lipinski definition) is 4. The summed E-state index contributed by atoms with van der Waals surface area (Å²) in [4.78, 5) is 0. The van der Waals surface area contributed by atoms with Gasteiger partial charge in [-0.05, 0) is 33.6 Å². The van der Waals surface area contributed by atoms with Crippen LogP contribution in [0.2, 0.25) is 0 Å². The average Bonchev–Trinajstić information content (AvgIpc) is 2.15. The van der Waals surface area contributed by atoms with Crippen molar-refractivity contribution >= 4 is 0 Å². The molecule has 4 nitrogen and oxygen atoms in total. The van der Waals surface area contributed by atoms with Crippen LogP contribution in [0.15, 0.2) is 10.2 Å². The van der Waals surface area contributed by atoms with Gasteiger partial charge in [-0.15, -0.1) is 0 Å². The summed E-state index contributed by atoms with van der Waals surface area (Å²) in [6.07, 6.45) is 2.33. The number of nitrogens with zero attached hydrogens (tertiary/aromatic N) is 4. The van der Waals surface area contributed by atoms with E-state index >= 15 is 0 Å². The third-order valence-corrected chi connectivity index (χ3v) is 1.70. The Bertz CT molecular complexity index is 256. The fourth-order valence-corrected chi connectivity index (χ4v) is 0.977. The Hall–Kier alpha value is -1.42. The first-order valence-corrected chi connectivity index (χ1v) is 5.15. The predicted octanol–water partition coefficient (Wildman–Crippen LogP) is 3.21. The maximum Gasteiger partial charge on any atom is 0.0732 e. The van der Waals surface area contributed by atoms with Gasteiger partial charge >= 0.3 is 0 Å². The Morgan fingerprint density at radius 3 is 1.87 bits per heavy atom. The summed E-state index contributed by atoms with van der Waals surface area (Å²) in [5.74, 6) is 0. The minimum Gasteiger partial charge on any atom is -0.198 e. The van der Waals surface area contributed by atoms with Crippen LogP contribution in [-0.4, -0.2) is 11.6 Å². The van der Waals surface area contributed by atoms with E-state index in [0.717, 1.165) is 0 Å². The van der Waals surface area contributed by atoms with E-state index in [-0.39, 0.29) is 11.6 Å². The highest BCUT2D eigenvalue weighted by Crippen LogP contribution is 2.14. The predicted molar refractivity (Wildman–Crippen MR) is 58.1 cm³/mol. The zero-order chi connectivity index (χ0) is 11.7. The van der Waals surface area contributed by atoms with Crippen molar-refractivity contribution in [3.05, 3.63) is 0 Å². The van der Waals surface area contributed by atoms with Gasteiger partial charge in [0.25, 0.3) is 0 Å². The molecule has 4 heteroatoms. The topological polar surface area (TPSA) is 72.3 Å². The first-order valence-electron chi connectivity index (χ1n) is 5.15. The van der Waals surface area contributed by atoms with Crippen LogP contribution in [0.3, 0.4) is 0 Å². The number of rotatable bonds is 5. The minimum absolute atomic E-state index is 0.0172. The molecule has 0 aromatic carbocycles. The Kier molecular flexibility index (Phi) is 6.29. The van der Waals surface area contributed by atoms with Gasteiger partial charge in [0.05, 0.1) is 23.7 Å². The number of nitriles is 2. The van der Waals surface area contributed by atoms with Gasteiger partial charge in [-0.3, -0.25) is 0 Å². The van der Waals surface area contributed by atoms with Gasteiger partial charge in [-0.2, -0.15) is 20.8 Å². The molecule has 0 fully saturated rings. The third kappa shape index (κ3) is 8.90. The molecule has 0 aromatic rings. The SMILES string of the molecule is CC(C)(C)N=NC(CCC#N)CCC#N. The summed E-state index contributed by atoms with van der Waals surface area (Å²) in [7, 11) is 0. The lowest BCUT2D eigenvalue weighted by molar-refractivity contribution is 0.482. The molecule has 0 saturated heterocycles. The monoisotopic (exact) mass is 206 g/mol. The second-order valence-electron chi connectivity index (χ2n) is 4.43. The van der Waals surface area contributed by atoms with Crippen molar-refractivity contribution in [2.75, 3.05) is 0 Å². The molecule has 15 heavy (non-hydrogen) atoms. The fourth-order valence-electron chi connectivity index (χ4n) is 0.977. The molecule has 0 aliphatic carbocycles. The van der Waals surface area contributed by atoms with Crippen LogP contribution in [0.25, 0.3) is 0 Å². The Labute approximate surface area is 91.6 Å². The van der Waals surface area contributed by atoms with Crippen molar-refractivity contribution in [2.24, 2.45) is 10.2 Å². The van der Waals surface area contributed by atoms with Crippen LogP contribution >= 0.6 is 0 Å². The molecular formula is C11H18N4. The maximum atomic E-state index is 8.48. The molecule has 0 atom stereocenters. The Morgan fingerprint density at radius 1 is 1.07 bits per heavy atom. The molecule has 0 unspecified atom stereocenters. The molecule has 0 rings (SSSR count). The van der Waals surface area contributed by atoms with Gasteiger partial charge in [0.1, 0.15) is 0 Å². The normalized spacial score (nSPS) is 11.6. The van der Waals surface area contributed by atoms with Crippen LogP contribution in [0.1, 0.15) is 46.5 Å². The first kappa shape index (κ1) is 13.6. The smallest absolute Gasteiger partial charge is 0.0732 e. The standard InChI is InChI=1S/C11H18N4/c1-11(2,3)15-14-10(6-4-8-12)7-5-9-13/h10H,4-7H2,1-3H3. The summed E-state index contributed by atoms with van der Waals surface area (Å²) in [5.41, 5.74) is -0.183. The molecule has 0 spiro atoms. The molecule has 0 N–H and O–H groups in total. The van der Waals surface area contributed by atoms with Crippen molar-refractivity contribution in [3.63, 3.8) is 0 Å². The van der Waals surface area contributed by atoms with Crippen molar-refractivity contribution in [1.29, 1.82) is 10.5 Å². The highest BCUT2D eigenvalue weighted by molar-refractivity contribution is 4.80. The lowest BCUT2D eigenvalue weighted by Gasteiger charge is -2.13. The molecule has 0 aliphatic heterocycles. The van der Waals surface area contributed by atoms with E-state index in [9.17, 15) is 0 Å². The van der Waals surface area contributed by atoms with Crippen LogP contribution < -0.4 is 0 Å². The molecule has 0 bridgehead atoms. The highest BCUT2D eigenvalue weighted by Gasteiger charge is 2.10. The van der Waals surface area contributed by atoms with Gasteiger partial charge in [-0.1, -0.05) is 0 Å². The first-order chi connectivity index (χ1) is 6.99. The van der Waals surface area contributed by atoms with Gasteiger partial charge < -0.3 is 0 Å². The maximum absolute atomic E-state index is 8.48. The van der Waals surface area contributed by atoms with Gasteiger partial charge in [0.2, 0.25) is 0 Å². The summed E-state index contributed by atoms with van der Waals surface area (Å²) in [6, 6.07) is 4.19. The van der Waals surface area contributed by atoms with Crippen molar-refractivity contribution < 1.29 is 0 Å². The van der Waals surface area contributed by atoms with Crippen molar-refractivity contribution in [1.82, 2.24) is 0 Å². The molecule has 82 valence electrons. The molecule has 0 aromatic heterocycles.